The largest absolute Gasteiger partial charge is 0.449 e. The van der Waals surface area contributed by atoms with Gasteiger partial charge in [-0.15, -0.1) is 0 Å². The van der Waals surface area contributed by atoms with E-state index >= 15 is 0 Å². The summed E-state index contributed by atoms with van der Waals surface area (Å²) < 4.78 is 5.30. The van der Waals surface area contributed by atoms with Gasteiger partial charge >= 0.3 is 6.09 Å². The first kappa shape index (κ1) is 15.3. The van der Waals surface area contributed by atoms with Gasteiger partial charge in [-0.05, 0) is 18.3 Å². The predicted molar refractivity (Wildman–Crippen MR) is 67.5 cm³/mol. The Morgan fingerprint density at radius 2 is 1.94 bits per heavy atom. The number of amides is 1. The van der Waals surface area contributed by atoms with Gasteiger partial charge in [0.25, 0.3) is 0 Å². The summed E-state index contributed by atoms with van der Waals surface area (Å²) in [4.78, 5) is 13.3. The van der Waals surface area contributed by atoms with Crippen molar-refractivity contribution in [1.29, 1.82) is 0 Å². The third kappa shape index (κ3) is 6.70. The summed E-state index contributed by atoms with van der Waals surface area (Å²) in [5.74, 6) is 0.997. The highest BCUT2D eigenvalue weighted by Crippen LogP contribution is 2.11. The molecule has 0 aromatic heterocycles. The Labute approximate surface area is 100 Å². The van der Waals surface area contributed by atoms with Gasteiger partial charge in [0.05, 0.1) is 6.61 Å². The second kappa shape index (κ2) is 8.43. The van der Waals surface area contributed by atoms with E-state index in [2.05, 4.69) is 27.7 Å². The molecule has 0 aliphatic carbocycles. The predicted octanol–water partition coefficient (Wildman–Crippen LogP) is 3.54. The number of ether oxygens (including phenoxy) is 1. The topological polar surface area (TPSA) is 29.5 Å². The summed E-state index contributed by atoms with van der Waals surface area (Å²) in [6, 6.07) is 0. The van der Waals surface area contributed by atoms with Gasteiger partial charge in [0.2, 0.25) is 0 Å². The van der Waals surface area contributed by atoms with Gasteiger partial charge in [-0.1, -0.05) is 40.5 Å². The molecular weight excluding hydrogens is 202 g/mol. The maximum absolute atomic E-state index is 11.6. The number of hydrogen-bond donors (Lipinski definition) is 0. The molecule has 96 valence electrons. The van der Waals surface area contributed by atoms with Crippen LogP contribution in [0.1, 0.15) is 47.0 Å². The fourth-order valence-electron chi connectivity index (χ4n) is 1.74. The molecule has 0 spiro atoms. The first-order valence-electron chi connectivity index (χ1n) is 6.39. The van der Waals surface area contributed by atoms with Crippen LogP contribution in [0.4, 0.5) is 4.79 Å². The molecule has 1 amide bonds. The van der Waals surface area contributed by atoms with Gasteiger partial charge in [-0.2, -0.15) is 0 Å². The van der Waals surface area contributed by atoms with Gasteiger partial charge in [0, 0.05) is 13.6 Å². The zero-order valence-electron chi connectivity index (χ0n) is 11.5. The van der Waals surface area contributed by atoms with Crippen LogP contribution < -0.4 is 0 Å². The van der Waals surface area contributed by atoms with Crippen LogP contribution in [0.15, 0.2) is 0 Å². The molecule has 0 aliphatic rings. The summed E-state index contributed by atoms with van der Waals surface area (Å²) in [6.45, 7) is 9.81. The smallest absolute Gasteiger partial charge is 0.409 e. The Morgan fingerprint density at radius 1 is 1.31 bits per heavy atom. The molecule has 3 nitrogen and oxygen atoms in total. The highest BCUT2D eigenvalue weighted by molar-refractivity contribution is 5.67. The Morgan fingerprint density at radius 3 is 2.38 bits per heavy atom. The van der Waals surface area contributed by atoms with Crippen LogP contribution in [0.25, 0.3) is 0 Å². The molecule has 0 fully saturated rings. The standard InChI is InChI=1S/C13H27NO2/c1-6-8-12(7-2)10-16-13(15)14(5)9-11(3)4/h11-12H,6-10H2,1-5H3. The lowest BCUT2D eigenvalue weighted by atomic mass is 10.0. The molecule has 0 radical (unpaired) electrons. The van der Waals surface area contributed by atoms with Crippen molar-refractivity contribution in [2.24, 2.45) is 11.8 Å². The zero-order valence-corrected chi connectivity index (χ0v) is 11.5. The molecule has 3 heteroatoms. The zero-order chi connectivity index (χ0) is 12.6. The maximum Gasteiger partial charge on any atom is 0.409 e. The SMILES string of the molecule is CCCC(CC)COC(=O)N(C)CC(C)C. The Balaban J connectivity index is 3.86. The highest BCUT2D eigenvalue weighted by atomic mass is 16.6. The molecule has 0 bridgehead atoms. The number of rotatable bonds is 7. The van der Waals surface area contributed by atoms with E-state index in [-0.39, 0.29) is 6.09 Å². The summed E-state index contributed by atoms with van der Waals surface area (Å²) in [6.07, 6.45) is 3.17. The lowest BCUT2D eigenvalue weighted by Crippen LogP contribution is -2.32. The molecule has 0 heterocycles. The van der Waals surface area contributed by atoms with Crippen LogP contribution in [0.3, 0.4) is 0 Å². The summed E-state index contributed by atoms with van der Waals surface area (Å²) in [5, 5.41) is 0. The van der Waals surface area contributed by atoms with Crippen molar-refractivity contribution >= 4 is 6.09 Å². The quantitative estimate of drug-likeness (QED) is 0.668. The fraction of sp³-hybridized carbons (Fsp3) is 0.923. The van der Waals surface area contributed by atoms with Crippen molar-refractivity contribution in [2.45, 2.75) is 47.0 Å². The molecule has 0 rings (SSSR count). The van der Waals surface area contributed by atoms with Crippen molar-refractivity contribution in [2.75, 3.05) is 20.2 Å². The Hall–Kier alpha value is -0.730. The Bertz CT molecular complexity index is 192. The van der Waals surface area contributed by atoms with Gasteiger partial charge in [0.1, 0.15) is 0 Å². The number of nitrogens with zero attached hydrogens (tertiary/aromatic N) is 1. The second-order valence-corrected chi connectivity index (χ2v) is 4.91. The lowest BCUT2D eigenvalue weighted by Gasteiger charge is -2.21. The Kier molecular flexibility index (Phi) is 8.04. The highest BCUT2D eigenvalue weighted by Gasteiger charge is 2.13. The van der Waals surface area contributed by atoms with Gasteiger partial charge < -0.3 is 9.64 Å². The summed E-state index contributed by atoms with van der Waals surface area (Å²) in [5.41, 5.74) is 0. The van der Waals surface area contributed by atoms with Crippen LogP contribution in [0, 0.1) is 11.8 Å². The molecule has 0 aromatic carbocycles. The van der Waals surface area contributed by atoms with Crippen LogP contribution in [0.2, 0.25) is 0 Å². The van der Waals surface area contributed by atoms with Crippen LogP contribution in [-0.2, 0) is 4.74 Å². The summed E-state index contributed by atoms with van der Waals surface area (Å²) >= 11 is 0. The first-order chi connectivity index (χ1) is 7.51. The molecule has 16 heavy (non-hydrogen) atoms. The van der Waals surface area contributed by atoms with Crippen molar-refractivity contribution in [3.8, 4) is 0 Å². The van der Waals surface area contributed by atoms with E-state index in [1.165, 1.54) is 0 Å². The van der Waals surface area contributed by atoms with Crippen molar-refractivity contribution in [1.82, 2.24) is 4.90 Å². The van der Waals surface area contributed by atoms with Crippen molar-refractivity contribution < 1.29 is 9.53 Å². The van der Waals surface area contributed by atoms with E-state index in [1.807, 2.05) is 0 Å². The van der Waals surface area contributed by atoms with Crippen LogP contribution in [-0.4, -0.2) is 31.2 Å². The van der Waals surface area contributed by atoms with E-state index in [4.69, 9.17) is 4.74 Å². The molecular formula is C13H27NO2. The second-order valence-electron chi connectivity index (χ2n) is 4.91. The molecule has 0 saturated heterocycles. The average Bonchev–Trinajstić information content (AvgIpc) is 2.22. The molecule has 1 atom stereocenters. The minimum atomic E-state index is -0.191. The fourth-order valence-corrected chi connectivity index (χ4v) is 1.74. The van der Waals surface area contributed by atoms with Crippen molar-refractivity contribution in [3.05, 3.63) is 0 Å². The normalized spacial score (nSPS) is 12.6. The van der Waals surface area contributed by atoms with E-state index in [0.29, 0.717) is 18.4 Å². The van der Waals surface area contributed by atoms with Crippen LogP contribution >= 0.6 is 0 Å². The molecule has 0 aromatic rings. The molecule has 0 aliphatic heterocycles. The summed E-state index contributed by atoms with van der Waals surface area (Å²) in [7, 11) is 1.79. The first-order valence-corrected chi connectivity index (χ1v) is 6.39. The number of carbonyl (C=O) groups is 1. The maximum atomic E-state index is 11.6. The minimum Gasteiger partial charge on any atom is -0.449 e. The van der Waals surface area contributed by atoms with Crippen LogP contribution in [0.5, 0.6) is 0 Å². The van der Waals surface area contributed by atoms with Gasteiger partial charge in [-0.25, -0.2) is 4.79 Å². The van der Waals surface area contributed by atoms with E-state index in [0.717, 1.165) is 25.8 Å². The van der Waals surface area contributed by atoms with Crippen molar-refractivity contribution in [3.63, 3.8) is 0 Å². The average molecular weight is 229 g/mol. The van der Waals surface area contributed by atoms with Gasteiger partial charge in [-0.3, -0.25) is 0 Å². The number of carbonyl (C=O) groups excluding carboxylic acids is 1. The molecule has 0 saturated carbocycles. The number of hydrogen-bond acceptors (Lipinski definition) is 2. The third-order valence-corrected chi connectivity index (χ3v) is 2.67. The van der Waals surface area contributed by atoms with Gasteiger partial charge in [0.15, 0.2) is 0 Å². The molecule has 0 N–H and O–H groups in total. The van der Waals surface area contributed by atoms with E-state index < -0.39 is 0 Å². The third-order valence-electron chi connectivity index (χ3n) is 2.67. The van der Waals surface area contributed by atoms with E-state index in [1.54, 1.807) is 11.9 Å². The molecule has 1 unspecified atom stereocenters. The lowest BCUT2D eigenvalue weighted by molar-refractivity contribution is 0.0893. The monoisotopic (exact) mass is 229 g/mol. The minimum absolute atomic E-state index is 0.191. The van der Waals surface area contributed by atoms with E-state index in [9.17, 15) is 4.79 Å².